The number of carbonyl (C=O) groups excluding carboxylic acids is 3. The zero-order valence-corrected chi connectivity index (χ0v) is 16.0. The molecule has 0 radical (unpaired) electrons. The molecule has 1 saturated heterocycles. The van der Waals surface area contributed by atoms with Gasteiger partial charge in [0, 0.05) is 30.8 Å². The maximum Gasteiger partial charge on any atom is 0.318 e. The Balaban J connectivity index is 1.71. The first-order valence-corrected chi connectivity index (χ1v) is 9.41. The summed E-state index contributed by atoms with van der Waals surface area (Å²) < 4.78 is 5.27. The molecule has 29 heavy (non-hydrogen) atoms. The maximum absolute atomic E-state index is 12.9. The molecule has 1 heterocycles. The van der Waals surface area contributed by atoms with Gasteiger partial charge in [-0.05, 0) is 29.8 Å². The lowest BCUT2D eigenvalue weighted by molar-refractivity contribution is -0.118. The standard InChI is InChI=1S/C21H24N4O4/c22-19(26)16-6-8-17(9-7-16)23-20(27)18(14-15-4-2-1-3-5-15)24-21(28)25-10-12-29-13-11-25/h1-9,18H,10-14H2,(H2,22,26)(H,23,27)(H,24,28)/t18-/m1/s1. The molecule has 4 amide bonds. The van der Waals surface area contributed by atoms with Crippen LogP contribution in [-0.2, 0) is 16.0 Å². The Labute approximate surface area is 169 Å². The number of urea groups is 1. The zero-order chi connectivity index (χ0) is 20.6. The van der Waals surface area contributed by atoms with E-state index in [1.165, 1.54) is 12.1 Å². The van der Waals surface area contributed by atoms with Crippen molar-refractivity contribution in [1.82, 2.24) is 10.2 Å². The van der Waals surface area contributed by atoms with Crippen molar-refractivity contribution in [1.29, 1.82) is 0 Å². The van der Waals surface area contributed by atoms with Gasteiger partial charge >= 0.3 is 6.03 Å². The van der Waals surface area contributed by atoms with Crippen molar-refractivity contribution in [3.63, 3.8) is 0 Å². The first-order valence-electron chi connectivity index (χ1n) is 9.41. The Bertz CT molecular complexity index is 849. The lowest BCUT2D eigenvalue weighted by Gasteiger charge is -2.29. The minimum atomic E-state index is -0.761. The molecule has 0 aromatic heterocycles. The van der Waals surface area contributed by atoms with Crippen LogP contribution >= 0.6 is 0 Å². The SMILES string of the molecule is NC(=O)c1ccc(NC(=O)[C@@H](Cc2ccccc2)NC(=O)N2CCOCC2)cc1. The van der Waals surface area contributed by atoms with Crippen molar-refractivity contribution >= 4 is 23.5 Å². The number of hydrogen-bond acceptors (Lipinski definition) is 4. The van der Waals surface area contributed by atoms with Crippen molar-refractivity contribution in [2.45, 2.75) is 12.5 Å². The van der Waals surface area contributed by atoms with Crippen molar-refractivity contribution in [2.75, 3.05) is 31.6 Å². The molecule has 1 fully saturated rings. The topological polar surface area (TPSA) is 114 Å². The van der Waals surface area contributed by atoms with E-state index >= 15 is 0 Å². The molecule has 0 saturated carbocycles. The number of nitrogens with zero attached hydrogens (tertiary/aromatic N) is 1. The van der Waals surface area contributed by atoms with Gasteiger partial charge in [-0.15, -0.1) is 0 Å². The summed E-state index contributed by atoms with van der Waals surface area (Å²) >= 11 is 0. The van der Waals surface area contributed by atoms with Crippen molar-refractivity contribution < 1.29 is 19.1 Å². The number of nitrogens with two attached hydrogens (primary N) is 1. The fourth-order valence-electron chi connectivity index (χ4n) is 3.01. The van der Waals surface area contributed by atoms with E-state index in [4.69, 9.17) is 10.5 Å². The Morgan fingerprint density at radius 2 is 1.66 bits per heavy atom. The van der Waals surface area contributed by atoms with E-state index in [1.807, 2.05) is 30.3 Å². The third kappa shape index (κ3) is 5.79. The summed E-state index contributed by atoms with van der Waals surface area (Å²) in [5.74, 6) is -0.884. The summed E-state index contributed by atoms with van der Waals surface area (Å²) in [6.07, 6.45) is 0.349. The van der Waals surface area contributed by atoms with Crippen molar-refractivity contribution in [3.05, 3.63) is 65.7 Å². The molecule has 0 spiro atoms. The Hall–Kier alpha value is -3.39. The summed E-state index contributed by atoms with van der Waals surface area (Å²) in [5.41, 5.74) is 7.03. The van der Waals surface area contributed by atoms with Crippen LogP contribution in [0.25, 0.3) is 0 Å². The lowest BCUT2D eigenvalue weighted by atomic mass is 10.1. The van der Waals surface area contributed by atoms with E-state index in [1.54, 1.807) is 17.0 Å². The highest BCUT2D eigenvalue weighted by Gasteiger charge is 2.25. The second-order valence-electron chi connectivity index (χ2n) is 6.72. The summed E-state index contributed by atoms with van der Waals surface area (Å²) in [6, 6.07) is 14.7. The third-order valence-corrected chi connectivity index (χ3v) is 4.63. The number of rotatable bonds is 6. The molecule has 8 nitrogen and oxygen atoms in total. The van der Waals surface area contributed by atoms with Crippen LogP contribution in [0.15, 0.2) is 54.6 Å². The normalized spacial score (nSPS) is 14.7. The number of amides is 4. The van der Waals surface area contributed by atoms with E-state index in [0.29, 0.717) is 44.0 Å². The second-order valence-corrected chi connectivity index (χ2v) is 6.72. The molecule has 0 aliphatic carbocycles. The van der Waals surface area contributed by atoms with E-state index < -0.39 is 11.9 Å². The van der Waals surface area contributed by atoms with Crippen LogP contribution in [0.3, 0.4) is 0 Å². The Morgan fingerprint density at radius 1 is 1.00 bits per heavy atom. The van der Waals surface area contributed by atoms with Crippen LogP contribution in [0.4, 0.5) is 10.5 Å². The molecular formula is C21H24N4O4. The van der Waals surface area contributed by atoms with Crippen LogP contribution in [-0.4, -0.2) is 55.1 Å². The molecule has 1 aliphatic heterocycles. The molecule has 152 valence electrons. The summed E-state index contributed by atoms with van der Waals surface area (Å²) in [5, 5.41) is 5.62. The summed E-state index contributed by atoms with van der Waals surface area (Å²) in [7, 11) is 0. The van der Waals surface area contributed by atoms with Crippen LogP contribution in [0.5, 0.6) is 0 Å². The van der Waals surface area contributed by atoms with E-state index in [0.717, 1.165) is 5.56 Å². The van der Waals surface area contributed by atoms with Crippen molar-refractivity contribution in [3.8, 4) is 0 Å². The zero-order valence-electron chi connectivity index (χ0n) is 16.0. The molecule has 2 aromatic carbocycles. The first-order chi connectivity index (χ1) is 14.0. The maximum atomic E-state index is 12.9. The number of carbonyl (C=O) groups is 3. The van der Waals surface area contributed by atoms with Gasteiger partial charge in [0.15, 0.2) is 0 Å². The highest BCUT2D eigenvalue weighted by molar-refractivity contribution is 5.98. The van der Waals surface area contributed by atoms with E-state index in [2.05, 4.69) is 10.6 Å². The van der Waals surface area contributed by atoms with Gasteiger partial charge in [0.25, 0.3) is 0 Å². The minimum Gasteiger partial charge on any atom is -0.378 e. The van der Waals surface area contributed by atoms with Gasteiger partial charge in [-0.1, -0.05) is 30.3 Å². The molecule has 1 atom stereocenters. The van der Waals surface area contributed by atoms with Gasteiger partial charge < -0.3 is 26.0 Å². The number of nitrogens with one attached hydrogen (secondary N) is 2. The quantitative estimate of drug-likeness (QED) is 0.684. The molecule has 1 aliphatic rings. The number of anilines is 1. The number of primary amides is 1. The van der Waals surface area contributed by atoms with Gasteiger partial charge in [0.1, 0.15) is 6.04 Å². The Kier molecular flexibility index (Phi) is 6.80. The number of morpholine rings is 1. The molecule has 3 rings (SSSR count). The average molecular weight is 396 g/mol. The first kappa shape index (κ1) is 20.3. The monoisotopic (exact) mass is 396 g/mol. The van der Waals surface area contributed by atoms with E-state index in [-0.39, 0.29) is 11.9 Å². The highest BCUT2D eigenvalue weighted by atomic mass is 16.5. The molecule has 4 N–H and O–H groups in total. The van der Waals surface area contributed by atoms with E-state index in [9.17, 15) is 14.4 Å². The van der Waals surface area contributed by atoms with Crippen LogP contribution in [0.2, 0.25) is 0 Å². The third-order valence-electron chi connectivity index (χ3n) is 4.63. The molecular weight excluding hydrogens is 372 g/mol. The largest absolute Gasteiger partial charge is 0.378 e. The molecule has 8 heteroatoms. The number of ether oxygens (including phenoxy) is 1. The van der Waals surface area contributed by atoms with Gasteiger partial charge in [-0.2, -0.15) is 0 Å². The van der Waals surface area contributed by atoms with Crippen LogP contribution in [0, 0.1) is 0 Å². The summed E-state index contributed by atoms with van der Waals surface area (Å²) in [4.78, 5) is 38.3. The van der Waals surface area contributed by atoms with Gasteiger partial charge in [-0.25, -0.2) is 4.79 Å². The fraction of sp³-hybridized carbons (Fsp3) is 0.286. The minimum absolute atomic E-state index is 0.298. The average Bonchev–Trinajstić information content (AvgIpc) is 2.75. The van der Waals surface area contributed by atoms with Gasteiger partial charge in [0.2, 0.25) is 11.8 Å². The van der Waals surface area contributed by atoms with Crippen LogP contribution < -0.4 is 16.4 Å². The predicted octanol–water partition coefficient (Wildman–Crippen LogP) is 1.38. The number of benzene rings is 2. The predicted molar refractivity (Wildman–Crippen MR) is 108 cm³/mol. The smallest absolute Gasteiger partial charge is 0.318 e. The number of hydrogen-bond donors (Lipinski definition) is 3. The molecule has 0 unspecified atom stereocenters. The molecule has 2 aromatic rings. The second kappa shape index (κ2) is 9.70. The van der Waals surface area contributed by atoms with Gasteiger partial charge in [0.05, 0.1) is 13.2 Å². The lowest BCUT2D eigenvalue weighted by Crippen LogP contribution is -2.53. The van der Waals surface area contributed by atoms with Crippen LogP contribution in [0.1, 0.15) is 15.9 Å². The highest BCUT2D eigenvalue weighted by Crippen LogP contribution is 2.12. The van der Waals surface area contributed by atoms with Gasteiger partial charge in [-0.3, -0.25) is 9.59 Å². The summed E-state index contributed by atoms with van der Waals surface area (Å²) in [6.45, 7) is 1.94. The van der Waals surface area contributed by atoms with Crippen molar-refractivity contribution in [2.24, 2.45) is 5.73 Å². The molecule has 0 bridgehead atoms. The fourth-order valence-corrected chi connectivity index (χ4v) is 3.01. The Morgan fingerprint density at radius 3 is 2.28 bits per heavy atom.